The second kappa shape index (κ2) is 13.1. The zero-order valence-electron chi connectivity index (χ0n) is 22.1. The highest BCUT2D eigenvalue weighted by atomic mass is 79.9. The first-order valence-corrected chi connectivity index (χ1v) is 14.8. The van der Waals surface area contributed by atoms with Crippen molar-refractivity contribution in [1.29, 1.82) is 0 Å². The van der Waals surface area contributed by atoms with Gasteiger partial charge in [-0.2, -0.15) is 0 Å². The average molecular weight is 601 g/mol. The summed E-state index contributed by atoms with van der Waals surface area (Å²) in [6, 6.07) is 21.8. The van der Waals surface area contributed by atoms with Gasteiger partial charge in [0.25, 0.3) is 10.0 Å². The molecule has 0 aliphatic rings. The quantitative estimate of drug-likeness (QED) is 0.323. The van der Waals surface area contributed by atoms with E-state index in [4.69, 9.17) is 0 Å². The Balaban J connectivity index is 2.03. The van der Waals surface area contributed by atoms with Crippen molar-refractivity contribution in [2.75, 3.05) is 17.4 Å². The first-order chi connectivity index (χ1) is 18.0. The number of carbonyl (C=O) groups excluding carboxylic acids is 2. The highest BCUT2D eigenvalue weighted by Gasteiger charge is 2.32. The molecule has 0 bridgehead atoms. The summed E-state index contributed by atoms with van der Waals surface area (Å²) in [6.07, 6.45) is 0. The zero-order chi connectivity index (χ0) is 27.9. The summed E-state index contributed by atoms with van der Waals surface area (Å²) >= 11 is 3.45. The van der Waals surface area contributed by atoms with E-state index in [1.165, 1.54) is 17.0 Å². The van der Waals surface area contributed by atoms with E-state index in [1.807, 2.05) is 36.4 Å². The molecule has 9 heteroatoms. The van der Waals surface area contributed by atoms with Crippen LogP contribution in [0.2, 0.25) is 0 Å². The maximum absolute atomic E-state index is 13.8. The first-order valence-electron chi connectivity index (χ1n) is 12.5. The SMILES string of the molecule is CCNC(=O)[C@@H](C)N(Cc1cccc(Br)c1)C(=O)CN(c1ccc(C(C)C)cc1)S(=O)(=O)c1ccccc1. The molecule has 0 fully saturated rings. The van der Waals surface area contributed by atoms with Crippen LogP contribution in [0, 0.1) is 0 Å². The van der Waals surface area contributed by atoms with E-state index >= 15 is 0 Å². The van der Waals surface area contributed by atoms with Crippen molar-refractivity contribution in [3.05, 3.63) is 94.5 Å². The minimum absolute atomic E-state index is 0.0797. The average Bonchev–Trinajstić information content (AvgIpc) is 2.90. The number of hydrogen-bond acceptors (Lipinski definition) is 4. The van der Waals surface area contributed by atoms with E-state index in [1.54, 1.807) is 44.2 Å². The molecule has 0 heterocycles. The number of amides is 2. The van der Waals surface area contributed by atoms with Crippen molar-refractivity contribution in [3.63, 3.8) is 0 Å². The smallest absolute Gasteiger partial charge is 0.264 e. The molecule has 0 radical (unpaired) electrons. The minimum Gasteiger partial charge on any atom is -0.355 e. The van der Waals surface area contributed by atoms with Crippen LogP contribution in [0.4, 0.5) is 5.69 Å². The number of likely N-dealkylation sites (N-methyl/N-ethyl adjacent to an activating group) is 1. The number of rotatable bonds is 11. The van der Waals surface area contributed by atoms with Gasteiger partial charge in [-0.15, -0.1) is 0 Å². The molecule has 1 N–H and O–H groups in total. The molecule has 7 nitrogen and oxygen atoms in total. The number of carbonyl (C=O) groups is 2. The molecule has 0 saturated carbocycles. The van der Waals surface area contributed by atoms with Crippen LogP contribution in [0.15, 0.2) is 88.2 Å². The van der Waals surface area contributed by atoms with E-state index in [0.29, 0.717) is 12.2 Å². The molecule has 0 aliphatic heterocycles. The molecule has 3 rings (SSSR count). The number of anilines is 1. The van der Waals surface area contributed by atoms with Crippen LogP contribution in [0.25, 0.3) is 0 Å². The van der Waals surface area contributed by atoms with Gasteiger partial charge in [-0.3, -0.25) is 13.9 Å². The normalized spacial score (nSPS) is 12.2. The Morgan fingerprint density at radius 2 is 1.58 bits per heavy atom. The van der Waals surface area contributed by atoms with Crippen molar-refractivity contribution in [2.45, 2.75) is 51.1 Å². The summed E-state index contributed by atoms with van der Waals surface area (Å²) in [7, 11) is -4.07. The van der Waals surface area contributed by atoms with Crippen molar-refractivity contribution in [1.82, 2.24) is 10.2 Å². The molecule has 2 amide bonds. The van der Waals surface area contributed by atoms with Crippen LogP contribution < -0.4 is 9.62 Å². The Bertz CT molecular complexity index is 1350. The van der Waals surface area contributed by atoms with Crippen LogP contribution in [0.3, 0.4) is 0 Å². The fourth-order valence-electron chi connectivity index (χ4n) is 4.01. The fraction of sp³-hybridized carbons (Fsp3) is 0.310. The van der Waals surface area contributed by atoms with Crippen LogP contribution in [0.1, 0.15) is 44.7 Å². The van der Waals surface area contributed by atoms with Gasteiger partial charge in [-0.25, -0.2) is 8.42 Å². The number of nitrogens with one attached hydrogen (secondary N) is 1. The number of halogens is 1. The molecule has 0 aliphatic carbocycles. The fourth-order valence-corrected chi connectivity index (χ4v) is 5.89. The Morgan fingerprint density at radius 1 is 0.921 bits per heavy atom. The van der Waals surface area contributed by atoms with Gasteiger partial charge in [0.1, 0.15) is 12.6 Å². The molecule has 0 unspecified atom stereocenters. The lowest BCUT2D eigenvalue weighted by Gasteiger charge is -2.32. The van der Waals surface area contributed by atoms with Crippen LogP contribution in [0.5, 0.6) is 0 Å². The van der Waals surface area contributed by atoms with Gasteiger partial charge in [0.2, 0.25) is 11.8 Å². The van der Waals surface area contributed by atoms with Crippen molar-refractivity contribution in [3.8, 4) is 0 Å². The third-order valence-electron chi connectivity index (χ3n) is 6.22. The van der Waals surface area contributed by atoms with Gasteiger partial charge in [-0.05, 0) is 67.3 Å². The molecule has 1 atom stereocenters. The molecule has 0 spiro atoms. The first kappa shape index (κ1) is 29.4. The summed E-state index contributed by atoms with van der Waals surface area (Å²) in [6.45, 7) is 7.66. The Morgan fingerprint density at radius 3 is 2.16 bits per heavy atom. The monoisotopic (exact) mass is 599 g/mol. The summed E-state index contributed by atoms with van der Waals surface area (Å²) in [4.78, 5) is 28.1. The van der Waals surface area contributed by atoms with E-state index in [9.17, 15) is 18.0 Å². The molecule has 38 heavy (non-hydrogen) atoms. The lowest BCUT2D eigenvalue weighted by molar-refractivity contribution is -0.139. The number of benzene rings is 3. The van der Waals surface area contributed by atoms with Gasteiger partial charge in [0, 0.05) is 17.6 Å². The molecule has 0 saturated heterocycles. The predicted octanol–water partition coefficient (Wildman–Crippen LogP) is 5.32. The third kappa shape index (κ3) is 7.23. The van der Waals surface area contributed by atoms with Crippen LogP contribution >= 0.6 is 15.9 Å². The summed E-state index contributed by atoms with van der Waals surface area (Å²) < 4.78 is 29.5. The number of hydrogen-bond donors (Lipinski definition) is 1. The number of sulfonamides is 1. The Labute approximate surface area is 234 Å². The number of nitrogens with zero attached hydrogens (tertiary/aromatic N) is 2. The summed E-state index contributed by atoms with van der Waals surface area (Å²) in [5.74, 6) is -0.533. The van der Waals surface area contributed by atoms with Gasteiger partial charge in [0.15, 0.2) is 0 Å². The maximum atomic E-state index is 13.8. The van der Waals surface area contributed by atoms with E-state index in [-0.39, 0.29) is 23.3 Å². The van der Waals surface area contributed by atoms with Gasteiger partial charge in [-0.1, -0.05) is 72.2 Å². The molecule has 3 aromatic rings. The van der Waals surface area contributed by atoms with Gasteiger partial charge >= 0.3 is 0 Å². The topological polar surface area (TPSA) is 86.8 Å². The van der Waals surface area contributed by atoms with Crippen LogP contribution in [-0.2, 0) is 26.2 Å². The third-order valence-corrected chi connectivity index (χ3v) is 8.50. The van der Waals surface area contributed by atoms with Crippen molar-refractivity contribution >= 4 is 43.5 Å². The molecule has 0 aromatic heterocycles. The Hall–Kier alpha value is -3.17. The van der Waals surface area contributed by atoms with Gasteiger partial charge < -0.3 is 10.2 Å². The largest absolute Gasteiger partial charge is 0.355 e. The highest BCUT2D eigenvalue weighted by molar-refractivity contribution is 9.10. The summed E-state index contributed by atoms with van der Waals surface area (Å²) in [5.41, 5.74) is 2.24. The lowest BCUT2D eigenvalue weighted by Crippen LogP contribution is -2.51. The highest BCUT2D eigenvalue weighted by Crippen LogP contribution is 2.26. The van der Waals surface area contributed by atoms with E-state index in [0.717, 1.165) is 19.9 Å². The Kier molecular flexibility index (Phi) is 10.1. The van der Waals surface area contributed by atoms with E-state index < -0.39 is 28.5 Å². The second-order valence-corrected chi connectivity index (χ2v) is 12.1. The lowest BCUT2D eigenvalue weighted by atomic mass is 10.0. The zero-order valence-corrected chi connectivity index (χ0v) is 24.5. The second-order valence-electron chi connectivity index (χ2n) is 9.29. The van der Waals surface area contributed by atoms with Crippen LogP contribution in [-0.4, -0.2) is 44.3 Å². The predicted molar refractivity (Wildman–Crippen MR) is 154 cm³/mol. The van der Waals surface area contributed by atoms with E-state index in [2.05, 4.69) is 35.1 Å². The van der Waals surface area contributed by atoms with Gasteiger partial charge in [0.05, 0.1) is 10.6 Å². The summed E-state index contributed by atoms with van der Waals surface area (Å²) in [5, 5.41) is 2.76. The molecule has 3 aromatic carbocycles. The maximum Gasteiger partial charge on any atom is 0.264 e. The standard InChI is InChI=1S/C29H34BrN3O4S/c1-5-31-29(35)22(4)32(19-23-10-9-11-25(30)18-23)28(34)20-33(26-16-14-24(15-17-26)21(2)3)38(36,37)27-12-7-6-8-13-27/h6-18,21-22H,5,19-20H2,1-4H3,(H,31,35)/t22-/m1/s1. The molecular formula is C29H34BrN3O4S. The molecule has 202 valence electrons. The minimum atomic E-state index is -4.07. The molecular weight excluding hydrogens is 566 g/mol. The van der Waals surface area contributed by atoms with Crippen molar-refractivity contribution < 1.29 is 18.0 Å². The van der Waals surface area contributed by atoms with Crippen molar-refractivity contribution in [2.24, 2.45) is 0 Å².